The number of esters is 1. The monoisotopic (exact) mass is 360 g/mol. The lowest BCUT2D eigenvalue weighted by molar-refractivity contribution is -0.138. The number of carbonyl (C=O) groups is 1. The number of hydrogen-bond donors (Lipinski definition) is 0. The van der Waals surface area contributed by atoms with E-state index in [1.165, 1.54) is 6.08 Å². The molecule has 1 aliphatic heterocycles. The lowest BCUT2D eigenvalue weighted by Gasteiger charge is -2.02. The third-order valence-electron chi connectivity index (χ3n) is 3.10. The quantitative estimate of drug-likeness (QED) is 0.611. The topological polar surface area (TPSA) is 44.8 Å². The molecule has 0 N–H and O–H groups in total. The van der Waals surface area contributed by atoms with E-state index in [0.717, 1.165) is 21.3 Å². The largest absolute Gasteiger partial charge is 0.458 e. The Labute approximate surface area is 136 Å². The van der Waals surface area contributed by atoms with Crippen molar-refractivity contribution in [1.29, 1.82) is 0 Å². The summed E-state index contributed by atoms with van der Waals surface area (Å²) >= 11 is 3.36. The van der Waals surface area contributed by atoms with E-state index in [2.05, 4.69) is 15.9 Å². The molecule has 0 radical (unpaired) electrons. The van der Waals surface area contributed by atoms with Crippen molar-refractivity contribution in [1.82, 2.24) is 0 Å². The fourth-order valence-electron chi connectivity index (χ4n) is 1.96. The molecule has 0 atom stereocenters. The molecule has 112 valence electrons. The van der Waals surface area contributed by atoms with Crippen LogP contribution in [0.15, 0.2) is 53.0 Å². The fraction of sp³-hybridized carbons (Fsp3) is 0.118. The molecular weight excluding hydrogens is 348 g/mol. The summed E-state index contributed by atoms with van der Waals surface area (Å²) in [5, 5.41) is 0. The van der Waals surface area contributed by atoms with E-state index in [1.807, 2.05) is 42.5 Å². The molecule has 4 nitrogen and oxygen atoms in total. The SMILES string of the molecule is O=C(C=Cc1ccc2c(c1)OCO2)OCc1ccc(Br)cc1. The van der Waals surface area contributed by atoms with Crippen LogP contribution in [0.2, 0.25) is 0 Å². The van der Waals surface area contributed by atoms with Crippen LogP contribution in [0.4, 0.5) is 0 Å². The Morgan fingerprint density at radius 2 is 1.91 bits per heavy atom. The van der Waals surface area contributed by atoms with Crippen molar-refractivity contribution in [2.75, 3.05) is 6.79 Å². The van der Waals surface area contributed by atoms with Gasteiger partial charge in [-0.2, -0.15) is 0 Å². The number of halogens is 1. The van der Waals surface area contributed by atoms with Crippen molar-refractivity contribution in [3.05, 3.63) is 64.1 Å². The van der Waals surface area contributed by atoms with Crippen molar-refractivity contribution < 1.29 is 19.0 Å². The fourth-order valence-corrected chi connectivity index (χ4v) is 2.23. The Kier molecular flexibility index (Phi) is 4.44. The van der Waals surface area contributed by atoms with Crippen LogP contribution in [0.3, 0.4) is 0 Å². The molecular formula is C17H13BrO4. The molecule has 2 aromatic rings. The van der Waals surface area contributed by atoms with Gasteiger partial charge in [-0.15, -0.1) is 0 Å². The highest BCUT2D eigenvalue weighted by atomic mass is 79.9. The Bertz CT molecular complexity index is 707. The maximum Gasteiger partial charge on any atom is 0.331 e. The van der Waals surface area contributed by atoms with Crippen LogP contribution >= 0.6 is 15.9 Å². The lowest BCUT2D eigenvalue weighted by Crippen LogP contribution is -2.00. The standard InChI is InChI=1S/C17H13BrO4/c18-14-5-1-13(2-6-14)10-20-17(19)8-4-12-3-7-15-16(9-12)22-11-21-15/h1-9H,10-11H2. The van der Waals surface area contributed by atoms with Crippen LogP contribution in [0, 0.1) is 0 Å². The first-order chi connectivity index (χ1) is 10.7. The van der Waals surface area contributed by atoms with Gasteiger partial charge in [-0.3, -0.25) is 0 Å². The van der Waals surface area contributed by atoms with Gasteiger partial charge in [0, 0.05) is 10.5 Å². The van der Waals surface area contributed by atoms with Gasteiger partial charge >= 0.3 is 5.97 Å². The molecule has 0 bridgehead atoms. The maximum atomic E-state index is 11.7. The molecule has 5 heteroatoms. The first-order valence-electron chi connectivity index (χ1n) is 6.70. The van der Waals surface area contributed by atoms with Crippen LogP contribution in [0.5, 0.6) is 11.5 Å². The molecule has 1 aliphatic rings. The number of benzene rings is 2. The zero-order chi connectivity index (χ0) is 15.4. The average molecular weight is 361 g/mol. The summed E-state index contributed by atoms with van der Waals surface area (Å²) < 4.78 is 16.7. The Morgan fingerprint density at radius 1 is 1.14 bits per heavy atom. The predicted molar refractivity (Wildman–Crippen MR) is 85.5 cm³/mol. The summed E-state index contributed by atoms with van der Waals surface area (Å²) in [4.78, 5) is 11.7. The van der Waals surface area contributed by atoms with Gasteiger partial charge in [0.1, 0.15) is 6.61 Å². The summed E-state index contributed by atoms with van der Waals surface area (Å²) in [5.74, 6) is 1.01. The van der Waals surface area contributed by atoms with Gasteiger partial charge in [0.2, 0.25) is 6.79 Å². The van der Waals surface area contributed by atoms with E-state index in [4.69, 9.17) is 14.2 Å². The highest BCUT2D eigenvalue weighted by Gasteiger charge is 2.12. The molecule has 0 aliphatic carbocycles. The molecule has 0 fully saturated rings. The zero-order valence-electron chi connectivity index (χ0n) is 11.6. The van der Waals surface area contributed by atoms with Crippen LogP contribution < -0.4 is 9.47 Å². The van der Waals surface area contributed by atoms with Gasteiger partial charge in [-0.1, -0.05) is 34.1 Å². The average Bonchev–Trinajstić information content (AvgIpc) is 3.00. The van der Waals surface area contributed by atoms with Crippen LogP contribution in [-0.4, -0.2) is 12.8 Å². The van der Waals surface area contributed by atoms with Crippen LogP contribution in [0.1, 0.15) is 11.1 Å². The minimum absolute atomic E-state index is 0.234. The summed E-state index contributed by atoms with van der Waals surface area (Å²) in [6.45, 7) is 0.481. The van der Waals surface area contributed by atoms with E-state index in [0.29, 0.717) is 5.75 Å². The molecule has 0 saturated carbocycles. The van der Waals surface area contributed by atoms with Crippen molar-refractivity contribution in [2.24, 2.45) is 0 Å². The second-order valence-electron chi connectivity index (χ2n) is 4.68. The molecule has 3 rings (SSSR count). The minimum atomic E-state index is -0.388. The van der Waals surface area contributed by atoms with Crippen molar-refractivity contribution >= 4 is 28.0 Å². The highest BCUT2D eigenvalue weighted by molar-refractivity contribution is 9.10. The molecule has 2 aromatic carbocycles. The summed E-state index contributed by atoms with van der Waals surface area (Å²) in [6, 6.07) is 13.1. The van der Waals surface area contributed by atoms with Crippen LogP contribution in [0.25, 0.3) is 6.08 Å². The first kappa shape index (κ1) is 14.7. The van der Waals surface area contributed by atoms with E-state index in [-0.39, 0.29) is 19.4 Å². The second-order valence-corrected chi connectivity index (χ2v) is 5.60. The van der Waals surface area contributed by atoms with Gasteiger partial charge in [0.15, 0.2) is 11.5 Å². The molecule has 0 aromatic heterocycles. The first-order valence-corrected chi connectivity index (χ1v) is 7.49. The Hall–Kier alpha value is -2.27. The third-order valence-corrected chi connectivity index (χ3v) is 3.63. The van der Waals surface area contributed by atoms with Gasteiger partial charge in [0.25, 0.3) is 0 Å². The molecule has 22 heavy (non-hydrogen) atoms. The minimum Gasteiger partial charge on any atom is -0.458 e. The second kappa shape index (κ2) is 6.66. The number of carbonyl (C=O) groups excluding carboxylic acids is 1. The molecule has 0 saturated heterocycles. The lowest BCUT2D eigenvalue weighted by atomic mass is 10.2. The molecule has 1 heterocycles. The van der Waals surface area contributed by atoms with E-state index in [9.17, 15) is 4.79 Å². The molecule has 0 amide bonds. The Balaban J connectivity index is 1.56. The van der Waals surface area contributed by atoms with E-state index in [1.54, 1.807) is 6.08 Å². The highest BCUT2D eigenvalue weighted by Crippen LogP contribution is 2.32. The number of rotatable bonds is 4. The van der Waals surface area contributed by atoms with Crippen molar-refractivity contribution in [2.45, 2.75) is 6.61 Å². The smallest absolute Gasteiger partial charge is 0.331 e. The maximum absolute atomic E-state index is 11.7. The van der Waals surface area contributed by atoms with Gasteiger partial charge < -0.3 is 14.2 Å². The number of fused-ring (bicyclic) bond motifs is 1. The van der Waals surface area contributed by atoms with E-state index >= 15 is 0 Å². The zero-order valence-corrected chi connectivity index (χ0v) is 13.2. The van der Waals surface area contributed by atoms with E-state index < -0.39 is 0 Å². The van der Waals surface area contributed by atoms with Gasteiger partial charge in [-0.05, 0) is 41.5 Å². The van der Waals surface area contributed by atoms with Crippen LogP contribution in [-0.2, 0) is 16.1 Å². The molecule has 0 unspecified atom stereocenters. The van der Waals surface area contributed by atoms with Gasteiger partial charge in [0.05, 0.1) is 0 Å². The van der Waals surface area contributed by atoms with Gasteiger partial charge in [-0.25, -0.2) is 4.79 Å². The summed E-state index contributed by atoms with van der Waals surface area (Å²) in [6.07, 6.45) is 3.09. The predicted octanol–water partition coefficient (Wildman–Crippen LogP) is 3.93. The van der Waals surface area contributed by atoms with Crippen molar-refractivity contribution in [3.63, 3.8) is 0 Å². The summed E-state index contributed by atoms with van der Waals surface area (Å²) in [7, 11) is 0. The summed E-state index contributed by atoms with van der Waals surface area (Å²) in [5.41, 5.74) is 1.79. The normalized spacial score (nSPS) is 12.6. The van der Waals surface area contributed by atoms with Crippen molar-refractivity contribution in [3.8, 4) is 11.5 Å². The third kappa shape index (κ3) is 3.68. The number of hydrogen-bond acceptors (Lipinski definition) is 4. The Morgan fingerprint density at radius 3 is 2.73 bits per heavy atom. The molecule has 0 spiro atoms. The number of ether oxygens (including phenoxy) is 3.